The molecule has 0 unspecified atom stereocenters. The summed E-state index contributed by atoms with van der Waals surface area (Å²) in [5, 5.41) is 12.3. The molecule has 9 heteroatoms. The lowest BCUT2D eigenvalue weighted by molar-refractivity contribution is -0.142. The summed E-state index contributed by atoms with van der Waals surface area (Å²) in [7, 11) is 3.54. The van der Waals surface area contributed by atoms with Gasteiger partial charge in [0, 0.05) is 30.9 Å². The molecular weight excluding hydrogens is 466 g/mol. The van der Waals surface area contributed by atoms with E-state index in [1.807, 2.05) is 24.2 Å². The van der Waals surface area contributed by atoms with Gasteiger partial charge < -0.3 is 9.64 Å². The van der Waals surface area contributed by atoms with E-state index in [1.54, 1.807) is 11.6 Å². The quantitative estimate of drug-likeness (QED) is 0.381. The molecule has 1 N–H and O–H groups in total. The fourth-order valence-corrected chi connectivity index (χ4v) is 5.21. The number of ether oxygens (including phenoxy) is 1. The third kappa shape index (κ3) is 4.37. The summed E-state index contributed by atoms with van der Waals surface area (Å²) in [6, 6.07) is 10.4. The second-order valence-electron chi connectivity index (χ2n) is 10.0. The average Bonchev–Trinajstić information content (AvgIpc) is 3.54. The number of likely N-dealkylation sites (tertiary alicyclic amines) is 1. The summed E-state index contributed by atoms with van der Waals surface area (Å²) >= 11 is 0. The number of hydrogen-bond acceptors (Lipinski definition) is 6. The van der Waals surface area contributed by atoms with Crippen molar-refractivity contribution in [3.05, 3.63) is 54.0 Å². The van der Waals surface area contributed by atoms with Crippen LogP contribution in [0.2, 0.25) is 0 Å². The van der Waals surface area contributed by atoms with Crippen molar-refractivity contribution < 1.29 is 9.53 Å². The molecule has 4 aromatic rings. The van der Waals surface area contributed by atoms with Crippen LogP contribution >= 0.6 is 0 Å². The summed E-state index contributed by atoms with van der Waals surface area (Å²) in [5.74, 6) is 1.08. The number of H-pyrrole nitrogens is 1. The van der Waals surface area contributed by atoms with Gasteiger partial charge in [0.2, 0.25) is 5.91 Å². The van der Waals surface area contributed by atoms with Crippen molar-refractivity contribution in [2.75, 3.05) is 27.2 Å². The minimum Gasteiger partial charge on any atom is -0.493 e. The van der Waals surface area contributed by atoms with Gasteiger partial charge >= 0.3 is 0 Å². The van der Waals surface area contributed by atoms with Gasteiger partial charge in [-0.2, -0.15) is 10.2 Å². The van der Waals surface area contributed by atoms with Gasteiger partial charge in [0.05, 0.1) is 30.6 Å². The number of nitrogens with one attached hydrogen (secondary N) is 1. The number of aromatic amines is 1. The van der Waals surface area contributed by atoms with Gasteiger partial charge in [-0.1, -0.05) is 45.0 Å². The van der Waals surface area contributed by atoms with Crippen molar-refractivity contribution in [1.29, 1.82) is 0 Å². The standard InChI is InChI=1S/C28H35N7O2/c1-7-34-13-12-22(34)28(36)33(5)18(4)19-8-10-20(11-9-19)25-24(17(2)3)26(32-31-25)21-14-23(37-6)27-29-16-30-35(27)15-21/h8-11,14-18,22H,7,12-13H2,1-6H3,(H,31,32)/t18-,22-/m0/s1. The Kier molecular flexibility index (Phi) is 6.72. The first kappa shape index (κ1) is 25.0. The van der Waals surface area contributed by atoms with Crippen LogP contribution in [-0.2, 0) is 4.79 Å². The Balaban J connectivity index is 1.43. The molecule has 5 rings (SSSR count). The van der Waals surface area contributed by atoms with Gasteiger partial charge in [0.1, 0.15) is 6.33 Å². The molecule has 9 nitrogen and oxygen atoms in total. The zero-order valence-electron chi connectivity index (χ0n) is 22.4. The Morgan fingerprint density at radius 1 is 1.22 bits per heavy atom. The van der Waals surface area contributed by atoms with E-state index >= 15 is 0 Å². The SMILES string of the molecule is CCN1CC[C@H]1C(=O)N(C)[C@@H](C)c1ccc(-c2[nH]nc(-c3cc(OC)c4ncnn4c3)c2C(C)C)cc1. The molecule has 0 radical (unpaired) electrons. The summed E-state index contributed by atoms with van der Waals surface area (Å²) in [4.78, 5) is 21.4. The monoisotopic (exact) mass is 501 g/mol. The first-order valence-electron chi connectivity index (χ1n) is 12.9. The fraction of sp³-hybridized carbons (Fsp3) is 0.429. The van der Waals surface area contributed by atoms with Crippen LogP contribution in [-0.4, -0.2) is 73.8 Å². The summed E-state index contributed by atoms with van der Waals surface area (Å²) < 4.78 is 7.27. The van der Waals surface area contributed by atoms with E-state index in [9.17, 15) is 4.79 Å². The second-order valence-corrected chi connectivity index (χ2v) is 10.0. The highest BCUT2D eigenvalue weighted by Gasteiger charge is 2.36. The first-order chi connectivity index (χ1) is 17.8. The smallest absolute Gasteiger partial charge is 0.240 e. The number of nitrogens with zero attached hydrogens (tertiary/aromatic N) is 6. The third-order valence-electron chi connectivity index (χ3n) is 7.65. The molecular formula is C28H35N7O2. The second kappa shape index (κ2) is 9.97. The van der Waals surface area contributed by atoms with Crippen LogP contribution in [0, 0.1) is 0 Å². The molecule has 1 aliphatic rings. The molecule has 1 aliphatic heterocycles. The largest absolute Gasteiger partial charge is 0.493 e. The molecule has 3 aromatic heterocycles. The lowest BCUT2D eigenvalue weighted by Gasteiger charge is -2.42. The van der Waals surface area contributed by atoms with Crippen LogP contribution in [0.1, 0.15) is 57.2 Å². The minimum atomic E-state index is -0.00961. The molecule has 0 aliphatic carbocycles. The highest BCUT2D eigenvalue weighted by molar-refractivity contribution is 5.83. The number of pyridine rings is 1. The Labute approximate surface area is 217 Å². The molecule has 4 heterocycles. The van der Waals surface area contributed by atoms with Gasteiger partial charge in [-0.25, -0.2) is 9.50 Å². The maximum absolute atomic E-state index is 13.0. The van der Waals surface area contributed by atoms with Crippen LogP contribution in [0.25, 0.3) is 28.2 Å². The zero-order chi connectivity index (χ0) is 26.3. The lowest BCUT2D eigenvalue weighted by atomic mass is 9.93. The summed E-state index contributed by atoms with van der Waals surface area (Å²) in [5.41, 5.74) is 6.71. The van der Waals surface area contributed by atoms with Crippen molar-refractivity contribution in [2.45, 2.75) is 52.1 Å². The summed E-state index contributed by atoms with van der Waals surface area (Å²) in [6.07, 6.45) is 4.38. The van der Waals surface area contributed by atoms with Crippen molar-refractivity contribution in [2.24, 2.45) is 0 Å². The lowest BCUT2D eigenvalue weighted by Crippen LogP contribution is -2.56. The Morgan fingerprint density at radius 3 is 2.59 bits per heavy atom. The van der Waals surface area contributed by atoms with Crippen LogP contribution in [0.4, 0.5) is 0 Å². The van der Waals surface area contributed by atoms with Crippen LogP contribution in [0.15, 0.2) is 42.9 Å². The number of amides is 1. The highest BCUT2D eigenvalue weighted by atomic mass is 16.5. The molecule has 1 saturated heterocycles. The van der Waals surface area contributed by atoms with Gasteiger partial charge in [0.15, 0.2) is 11.4 Å². The Hall–Kier alpha value is -3.72. The number of carbonyl (C=O) groups excluding carboxylic acids is 1. The molecule has 0 bridgehead atoms. The first-order valence-corrected chi connectivity index (χ1v) is 12.9. The van der Waals surface area contributed by atoms with E-state index < -0.39 is 0 Å². The number of likely N-dealkylation sites (N-methyl/N-ethyl adjacent to an activating group) is 2. The zero-order valence-corrected chi connectivity index (χ0v) is 22.4. The maximum atomic E-state index is 13.0. The maximum Gasteiger partial charge on any atom is 0.240 e. The Bertz CT molecular complexity index is 1400. The van der Waals surface area contributed by atoms with Crippen LogP contribution < -0.4 is 4.74 Å². The van der Waals surface area contributed by atoms with E-state index in [0.717, 1.165) is 53.2 Å². The molecule has 0 spiro atoms. The molecule has 194 valence electrons. The van der Waals surface area contributed by atoms with Crippen molar-refractivity contribution in [1.82, 2.24) is 34.6 Å². The van der Waals surface area contributed by atoms with E-state index in [-0.39, 0.29) is 23.9 Å². The number of methoxy groups -OCH3 is 1. The highest BCUT2D eigenvalue weighted by Crippen LogP contribution is 2.37. The number of hydrogen-bond donors (Lipinski definition) is 1. The predicted octanol–water partition coefficient (Wildman–Crippen LogP) is 4.53. The van der Waals surface area contributed by atoms with E-state index in [0.29, 0.717) is 11.4 Å². The molecule has 0 saturated carbocycles. The van der Waals surface area contributed by atoms with E-state index in [4.69, 9.17) is 9.84 Å². The van der Waals surface area contributed by atoms with E-state index in [1.165, 1.54) is 6.33 Å². The summed E-state index contributed by atoms with van der Waals surface area (Å²) in [6.45, 7) is 10.5. The number of aromatic nitrogens is 5. The van der Waals surface area contributed by atoms with Crippen molar-refractivity contribution in [3.8, 4) is 28.3 Å². The topological polar surface area (TPSA) is 91.7 Å². The minimum absolute atomic E-state index is 0.00961. The van der Waals surface area contributed by atoms with Gasteiger partial charge in [-0.05, 0) is 43.0 Å². The van der Waals surface area contributed by atoms with Crippen LogP contribution in [0.5, 0.6) is 5.75 Å². The number of rotatable bonds is 8. The van der Waals surface area contributed by atoms with Crippen molar-refractivity contribution >= 4 is 11.6 Å². The number of fused-ring (bicyclic) bond motifs is 1. The number of benzene rings is 1. The van der Waals surface area contributed by atoms with E-state index in [2.05, 4.69) is 72.0 Å². The average molecular weight is 502 g/mol. The Morgan fingerprint density at radius 2 is 1.97 bits per heavy atom. The predicted molar refractivity (Wildman–Crippen MR) is 143 cm³/mol. The van der Waals surface area contributed by atoms with Crippen molar-refractivity contribution in [3.63, 3.8) is 0 Å². The molecule has 1 fully saturated rings. The molecule has 1 amide bonds. The molecule has 37 heavy (non-hydrogen) atoms. The third-order valence-corrected chi connectivity index (χ3v) is 7.65. The van der Waals surface area contributed by atoms with Gasteiger partial charge in [-0.15, -0.1) is 0 Å². The number of carbonyl (C=O) groups is 1. The molecule has 2 atom stereocenters. The molecule has 1 aromatic carbocycles. The van der Waals surface area contributed by atoms with Gasteiger partial charge in [-0.3, -0.25) is 14.8 Å². The fourth-order valence-electron chi connectivity index (χ4n) is 5.21. The normalized spacial score (nSPS) is 16.7. The van der Waals surface area contributed by atoms with Crippen LogP contribution in [0.3, 0.4) is 0 Å². The van der Waals surface area contributed by atoms with Gasteiger partial charge in [0.25, 0.3) is 0 Å².